The van der Waals surface area contributed by atoms with Gasteiger partial charge >= 0.3 is 0 Å². The van der Waals surface area contributed by atoms with Gasteiger partial charge in [-0.15, -0.1) is 0 Å². The fraction of sp³-hybridized carbons (Fsp3) is 0.185. The largest absolute Gasteiger partial charge is 0.0804 e. The Morgan fingerprint density at radius 2 is 1.48 bits per heavy atom. The number of benzene rings is 3. The second kappa shape index (κ2) is 6.09. The van der Waals surface area contributed by atoms with Crippen LogP contribution in [-0.4, -0.2) is 0 Å². The average molecular weight is 348 g/mol. The lowest BCUT2D eigenvalue weighted by Crippen LogP contribution is -2.23. The highest BCUT2D eigenvalue weighted by atomic mass is 14.4. The summed E-state index contributed by atoms with van der Waals surface area (Å²) in [6.45, 7) is 4.80. The maximum absolute atomic E-state index is 2.40. The summed E-state index contributed by atoms with van der Waals surface area (Å²) in [4.78, 5) is 0. The Balaban J connectivity index is 1.79. The molecule has 3 aromatic carbocycles. The van der Waals surface area contributed by atoms with Crippen molar-refractivity contribution in [3.63, 3.8) is 0 Å². The third-order valence-corrected chi connectivity index (χ3v) is 6.27. The van der Waals surface area contributed by atoms with Gasteiger partial charge in [-0.25, -0.2) is 0 Å². The summed E-state index contributed by atoms with van der Waals surface area (Å²) in [7, 11) is 0. The molecule has 132 valence electrons. The smallest absolute Gasteiger partial charge is 0.0120 e. The number of hydrogen-bond acceptors (Lipinski definition) is 0. The first-order chi connectivity index (χ1) is 13.2. The van der Waals surface area contributed by atoms with Gasteiger partial charge in [-0.2, -0.15) is 0 Å². The molecule has 2 aliphatic carbocycles. The van der Waals surface area contributed by atoms with Gasteiger partial charge in [-0.3, -0.25) is 0 Å². The number of hydrogen-bond donors (Lipinski definition) is 0. The molecular formula is C27H24. The van der Waals surface area contributed by atoms with Crippen LogP contribution in [0.3, 0.4) is 0 Å². The van der Waals surface area contributed by atoms with Crippen LogP contribution in [0.2, 0.25) is 0 Å². The zero-order chi connectivity index (χ0) is 18.4. The number of allylic oxidation sites excluding steroid dienone is 4. The van der Waals surface area contributed by atoms with E-state index in [-0.39, 0.29) is 5.41 Å². The summed E-state index contributed by atoms with van der Waals surface area (Å²) in [6.07, 6.45) is 8.88. The molecule has 0 fully saturated rings. The van der Waals surface area contributed by atoms with Gasteiger partial charge in [0.15, 0.2) is 0 Å². The van der Waals surface area contributed by atoms with Crippen molar-refractivity contribution in [2.24, 2.45) is 0 Å². The lowest BCUT2D eigenvalue weighted by atomic mass is 9.71. The van der Waals surface area contributed by atoms with Crippen LogP contribution in [0.1, 0.15) is 37.0 Å². The highest BCUT2D eigenvalue weighted by Crippen LogP contribution is 2.48. The first kappa shape index (κ1) is 16.3. The molecule has 0 heteroatoms. The van der Waals surface area contributed by atoms with E-state index in [9.17, 15) is 0 Å². The molecule has 0 saturated heterocycles. The Morgan fingerprint density at radius 1 is 0.741 bits per heavy atom. The maximum atomic E-state index is 2.40. The van der Waals surface area contributed by atoms with Crippen LogP contribution < -0.4 is 0 Å². The molecule has 3 aromatic rings. The molecule has 0 aromatic heterocycles. The molecule has 27 heavy (non-hydrogen) atoms. The van der Waals surface area contributed by atoms with Crippen molar-refractivity contribution >= 4 is 0 Å². The second-order valence-electron chi connectivity index (χ2n) is 8.16. The Morgan fingerprint density at radius 3 is 2.26 bits per heavy atom. The molecule has 2 aliphatic rings. The van der Waals surface area contributed by atoms with Crippen molar-refractivity contribution in [3.05, 3.63) is 107 Å². The van der Waals surface area contributed by atoms with Crippen molar-refractivity contribution in [2.75, 3.05) is 0 Å². The number of rotatable bonds is 3. The third kappa shape index (κ3) is 2.51. The van der Waals surface area contributed by atoms with Crippen LogP contribution in [0.15, 0.2) is 90.5 Å². The van der Waals surface area contributed by atoms with E-state index >= 15 is 0 Å². The van der Waals surface area contributed by atoms with E-state index in [4.69, 9.17) is 0 Å². The molecule has 0 nitrogen and oxygen atoms in total. The molecule has 0 spiro atoms. The molecule has 0 bridgehead atoms. The van der Waals surface area contributed by atoms with E-state index < -0.39 is 0 Å². The minimum absolute atomic E-state index is 0.00204. The van der Waals surface area contributed by atoms with E-state index in [1.807, 2.05) is 0 Å². The minimum Gasteiger partial charge on any atom is -0.0804 e. The third-order valence-electron chi connectivity index (χ3n) is 6.27. The molecule has 5 rings (SSSR count). The van der Waals surface area contributed by atoms with Gasteiger partial charge in [-0.05, 0) is 51.8 Å². The molecule has 0 atom stereocenters. The second-order valence-corrected chi connectivity index (χ2v) is 8.16. The topological polar surface area (TPSA) is 0 Å². The van der Waals surface area contributed by atoms with Crippen LogP contribution in [0, 0.1) is 0 Å². The van der Waals surface area contributed by atoms with Crippen LogP contribution in [0.5, 0.6) is 0 Å². The van der Waals surface area contributed by atoms with Crippen molar-refractivity contribution in [2.45, 2.75) is 32.1 Å². The van der Waals surface area contributed by atoms with Crippen LogP contribution in [0.25, 0.3) is 22.3 Å². The fourth-order valence-corrected chi connectivity index (χ4v) is 4.85. The van der Waals surface area contributed by atoms with Gasteiger partial charge in [0.25, 0.3) is 0 Å². The van der Waals surface area contributed by atoms with E-state index in [1.165, 1.54) is 44.5 Å². The molecule has 0 N–H and O–H groups in total. The Kier molecular flexibility index (Phi) is 3.68. The van der Waals surface area contributed by atoms with Crippen LogP contribution in [-0.2, 0) is 11.8 Å². The predicted octanol–water partition coefficient (Wildman–Crippen LogP) is 7.09. The zero-order valence-corrected chi connectivity index (χ0v) is 16.0. The van der Waals surface area contributed by atoms with Gasteiger partial charge in [0.05, 0.1) is 0 Å². The predicted molar refractivity (Wildman–Crippen MR) is 115 cm³/mol. The zero-order valence-electron chi connectivity index (χ0n) is 16.0. The van der Waals surface area contributed by atoms with Gasteiger partial charge in [0.1, 0.15) is 0 Å². The highest BCUT2D eigenvalue weighted by Gasteiger charge is 2.34. The van der Waals surface area contributed by atoms with Crippen molar-refractivity contribution < 1.29 is 0 Å². The monoisotopic (exact) mass is 348 g/mol. The lowest BCUT2D eigenvalue weighted by Gasteiger charge is -2.32. The van der Waals surface area contributed by atoms with Crippen molar-refractivity contribution in [1.29, 1.82) is 0 Å². The maximum Gasteiger partial charge on any atom is 0.0120 e. The molecule has 0 radical (unpaired) electrons. The minimum atomic E-state index is 0.00204. The molecule has 0 unspecified atom stereocenters. The Labute approximate surface area is 161 Å². The summed E-state index contributed by atoms with van der Waals surface area (Å²) in [5.74, 6) is 0. The summed E-state index contributed by atoms with van der Waals surface area (Å²) in [5.41, 5.74) is 11.5. The fourth-order valence-electron chi connectivity index (χ4n) is 4.85. The summed E-state index contributed by atoms with van der Waals surface area (Å²) in [6, 6.07) is 24.4. The van der Waals surface area contributed by atoms with Gasteiger partial charge in [0.2, 0.25) is 0 Å². The quantitative estimate of drug-likeness (QED) is 0.371. The Bertz CT molecular complexity index is 1080. The van der Waals surface area contributed by atoms with Gasteiger partial charge in [0, 0.05) is 5.41 Å². The molecule has 0 saturated carbocycles. The standard InChI is InChI=1S/C27H24/c1-27(2,21-13-7-8-14-21)26-23(19-10-4-3-5-11-19)16-17-24-22-15-9-6-12-20(22)18-25(24)26/h3-13,15-17H,14,18H2,1-2H3. The van der Waals surface area contributed by atoms with E-state index in [1.54, 1.807) is 0 Å². The van der Waals surface area contributed by atoms with Crippen molar-refractivity contribution in [3.8, 4) is 22.3 Å². The first-order valence-electron chi connectivity index (χ1n) is 9.82. The van der Waals surface area contributed by atoms with Gasteiger partial charge < -0.3 is 0 Å². The Hall–Kier alpha value is -2.86. The van der Waals surface area contributed by atoms with E-state index in [0.29, 0.717) is 0 Å². The highest BCUT2D eigenvalue weighted by molar-refractivity contribution is 5.84. The molecular weight excluding hydrogens is 324 g/mol. The summed E-state index contributed by atoms with van der Waals surface area (Å²) in [5, 5.41) is 0. The number of fused-ring (bicyclic) bond motifs is 3. The normalized spacial score (nSPS) is 14.8. The van der Waals surface area contributed by atoms with E-state index in [2.05, 4.69) is 98.8 Å². The first-order valence-corrected chi connectivity index (χ1v) is 9.82. The van der Waals surface area contributed by atoms with E-state index in [0.717, 1.165) is 12.8 Å². The van der Waals surface area contributed by atoms with Gasteiger partial charge in [-0.1, -0.05) is 104 Å². The van der Waals surface area contributed by atoms with Crippen LogP contribution >= 0.6 is 0 Å². The van der Waals surface area contributed by atoms with Crippen molar-refractivity contribution in [1.82, 2.24) is 0 Å². The molecule has 0 amide bonds. The SMILES string of the molecule is CC(C)(C1=CC=CC1)c1c(-c2ccccc2)ccc2c1Cc1ccccc1-2. The summed E-state index contributed by atoms with van der Waals surface area (Å²) < 4.78 is 0. The molecule has 0 aliphatic heterocycles. The lowest BCUT2D eigenvalue weighted by molar-refractivity contribution is 0.610. The summed E-state index contributed by atoms with van der Waals surface area (Å²) >= 11 is 0. The molecule has 0 heterocycles. The van der Waals surface area contributed by atoms with Crippen LogP contribution in [0.4, 0.5) is 0 Å². The average Bonchev–Trinajstić information content (AvgIpc) is 3.36.